The summed E-state index contributed by atoms with van der Waals surface area (Å²) in [5.41, 5.74) is 8.54. The standard InChI is InChI=1S/C20H26N4O2/c1-3-15-17(4-2)22-23-19(25)18(15)20(26)24-11-14(10-21)16(12-24)13-8-6-5-7-9-13/h5-9,14,16H,3-4,10-12,21H2,1-2H3,(H,23,25)/t14-,16+/m1/s1. The molecule has 3 N–H and O–H groups in total. The largest absolute Gasteiger partial charge is 0.337 e. The van der Waals surface area contributed by atoms with Crippen LogP contribution in [-0.4, -0.2) is 40.6 Å². The average Bonchev–Trinajstić information content (AvgIpc) is 3.12. The lowest BCUT2D eigenvalue weighted by atomic mass is 9.89. The molecule has 1 aliphatic heterocycles. The number of nitrogens with zero attached hydrogens (tertiary/aromatic N) is 2. The first kappa shape index (κ1) is 18.3. The Morgan fingerprint density at radius 2 is 1.96 bits per heavy atom. The number of H-pyrrole nitrogens is 1. The molecule has 1 saturated heterocycles. The van der Waals surface area contributed by atoms with Crippen LogP contribution in [0.5, 0.6) is 0 Å². The monoisotopic (exact) mass is 354 g/mol. The zero-order valence-corrected chi connectivity index (χ0v) is 15.4. The number of carbonyl (C=O) groups excluding carboxylic acids is 1. The van der Waals surface area contributed by atoms with E-state index in [2.05, 4.69) is 22.3 Å². The molecule has 1 fully saturated rings. The number of aromatic amines is 1. The summed E-state index contributed by atoms with van der Waals surface area (Å²) in [6, 6.07) is 10.1. The third kappa shape index (κ3) is 3.29. The minimum Gasteiger partial charge on any atom is -0.337 e. The van der Waals surface area contributed by atoms with Crippen LogP contribution in [0.25, 0.3) is 0 Å². The lowest BCUT2D eigenvalue weighted by molar-refractivity contribution is 0.0783. The molecule has 1 amide bonds. The molecule has 138 valence electrons. The molecule has 2 aromatic rings. The van der Waals surface area contributed by atoms with E-state index in [0.717, 1.165) is 11.3 Å². The maximum absolute atomic E-state index is 13.2. The van der Waals surface area contributed by atoms with Gasteiger partial charge in [0.05, 0.1) is 5.69 Å². The van der Waals surface area contributed by atoms with Gasteiger partial charge in [0.1, 0.15) is 5.56 Å². The van der Waals surface area contributed by atoms with Crippen molar-refractivity contribution >= 4 is 5.91 Å². The van der Waals surface area contributed by atoms with Crippen LogP contribution in [0.4, 0.5) is 0 Å². The second kappa shape index (κ2) is 7.83. The van der Waals surface area contributed by atoms with E-state index in [1.54, 1.807) is 4.90 Å². The van der Waals surface area contributed by atoms with E-state index in [9.17, 15) is 9.59 Å². The molecule has 6 nitrogen and oxygen atoms in total. The predicted octanol–water partition coefficient (Wildman–Crippen LogP) is 1.71. The molecule has 1 aromatic carbocycles. The van der Waals surface area contributed by atoms with E-state index < -0.39 is 5.56 Å². The number of nitrogens with one attached hydrogen (secondary N) is 1. The van der Waals surface area contributed by atoms with Gasteiger partial charge in [-0.05, 0) is 36.4 Å². The Hall–Kier alpha value is -2.47. The SMILES string of the molecule is CCc1n[nH]c(=O)c(C(=O)N2C[C@@H](CN)[C@H](c3ccccc3)C2)c1CC. The Bertz CT molecular complexity index is 831. The van der Waals surface area contributed by atoms with Gasteiger partial charge in [-0.25, -0.2) is 5.10 Å². The molecule has 0 unspecified atom stereocenters. The lowest BCUT2D eigenvalue weighted by Gasteiger charge is -2.18. The van der Waals surface area contributed by atoms with Crippen LogP contribution in [0.3, 0.4) is 0 Å². The smallest absolute Gasteiger partial charge is 0.277 e. The van der Waals surface area contributed by atoms with Gasteiger partial charge in [0.2, 0.25) is 0 Å². The number of aryl methyl sites for hydroxylation is 1. The maximum Gasteiger partial charge on any atom is 0.277 e. The highest BCUT2D eigenvalue weighted by atomic mass is 16.2. The van der Waals surface area contributed by atoms with E-state index in [0.29, 0.717) is 32.5 Å². The van der Waals surface area contributed by atoms with Crippen LogP contribution in [0.1, 0.15) is 46.9 Å². The highest BCUT2D eigenvalue weighted by molar-refractivity contribution is 5.95. The summed E-state index contributed by atoms with van der Waals surface area (Å²) < 4.78 is 0. The summed E-state index contributed by atoms with van der Waals surface area (Å²) in [6.07, 6.45) is 1.29. The van der Waals surface area contributed by atoms with Crippen LogP contribution in [0.2, 0.25) is 0 Å². The van der Waals surface area contributed by atoms with Gasteiger partial charge in [-0.3, -0.25) is 9.59 Å². The number of nitrogens with two attached hydrogens (primary N) is 1. The molecule has 1 aliphatic rings. The summed E-state index contributed by atoms with van der Waals surface area (Å²) >= 11 is 0. The highest BCUT2D eigenvalue weighted by Gasteiger charge is 2.37. The number of rotatable bonds is 5. The van der Waals surface area contributed by atoms with Crippen molar-refractivity contribution in [3.8, 4) is 0 Å². The molecular weight excluding hydrogens is 328 g/mol. The van der Waals surface area contributed by atoms with Crippen LogP contribution in [-0.2, 0) is 12.8 Å². The number of carbonyl (C=O) groups is 1. The average molecular weight is 354 g/mol. The van der Waals surface area contributed by atoms with E-state index in [1.165, 1.54) is 5.56 Å². The molecule has 1 aromatic heterocycles. The molecule has 6 heteroatoms. The summed E-state index contributed by atoms with van der Waals surface area (Å²) in [7, 11) is 0. The van der Waals surface area contributed by atoms with Crippen LogP contribution in [0, 0.1) is 5.92 Å². The molecule has 0 saturated carbocycles. The molecular formula is C20H26N4O2. The third-order valence-electron chi connectivity index (χ3n) is 5.33. The molecule has 0 radical (unpaired) electrons. The van der Waals surface area contributed by atoms with Crippen molar-refractivity contribution in [2.75, 3.05) is 19.6 Å². The van der Waals surface area contributed by atoms with Crippen molar-refractivity contribution in [3.05, 3.63) is 63.1 Å². The zero-order chi connectivity index (χ0) is 18.7. The summed E-state index contributed by atoms with van der Waals surface area (Å²) in [6.45, 7) is 5.58. The first-order valence-corrected chi connectivity index (χ1v) is 9.25. The van der Waals surface area contributed by atoms with Crippen molar-refractivity contribution in [1.29, 1.82) is 0 Å². The maximum atomic E-state index is 13.2. The number of benzene rings is 1. The number of hydrogen-bond acceptors (Lipinski definition) is 4. The zero-order valence-electron chi connectivity index (χ0n) is 15.4. The van der Waals surface area contributed by atoms with Gasteiger partial charge < -0.3 is 10.6 Å². The van der Waals surface area contributed by atoms with Gasteiger partial charge in [0.15, 0.2) is 0 Å². The quantitative estimate of drug-likeness (QED) is 0.855. The minimum atomic E-state index is -0.406. The Kier molecular flexibility index (Phi) is 5.52. The van der Waals surface area contributed by atoms with Crippen molar-refractivity contribution in [2.24, 2.45) is 11.7 Å². The summed E-state index contributed by atoms with van der Waals surface area (Å²) in [5.74, 6) is 0.178. The van der Waals surface area contributed by atoms with Gasteiger partial charge in [0, 0.05) is 19.0 Å². The Balaban J connectivity index is 1.93. The van der Waals surface area contributed by atoms with Gasteiger partial charge >= 0.3 is 0 Å². The molecule has 26 heavy (non-hydrogen) atoms. The lowest BCUT2D eigenvalue weighted by Crippen LogP contribution is -2.36. The Morgan fingerprint density at radius 3 is 2.58 bits per heavy atom. The Morgan fingerprint density at radius 1 is 1.23 bits per heavy atom. The van der Waals surface area contributed by atoms with E-state index in [1.807, 2.05) is 32.0 Å². The first-order valence-electron chi connectivity index (χ1n) is 9.25. The van der Waals surface area contributed by atoms with E-state index in [-0.39, 0.29) is 23.3 Å². The normalized spacial score (nSPS) is 19.7. The van der Waals surface area contributed by atoms with Crippen LogP contribution >= 0.6 is 0 Å². The van der Waals surface area contributed by atoms with Crippen LogP contribution < -0.4 is 11.3 Å². The summed E-state index contributed by atoms with van der Waals surface area (Å²) in [5, 5.41) is 6.59. The van der Waals surface area contributed by atoms with Gasteiger partial charge in [0.25, 0.3) is 11.5 Å². The molecule has 2 atom stereocenters. The summed E-state index contributed by atoms with van der Waals surface area (Å²) in [4.78, 5) is 27.3. The fourth-order valence-electron chi connectivity index (χ4n) is 3.93. The van der Waals surface area contributed by atoms with Gasteiger partial charge in [-0.2, -0.15) is 5.10 Å². The third-order valence-corrected chi connectivity index (χ3v) is 5.33. The number of aromatic nitrogens is 2. The van der Waals surface area contributed by atoms with Crippen molar-refractivity contribution in [1.82, 2.24) is 15.1 Å². The number of likely N-dealkylation sites (tertiary alicyclic amines) is 1. The molecule has 0 bridgehead atoms. The van der Waals surface area contributed by atoms with Crippen LogP contribution in [0.15, 0.2) is 35.1 Å². The fourth-order valence-corrected chi connectivity index (χ4v) is 3.93. The predicted molar refractivity (Wildman–Crippen MR) is 101 cm³/mol. The minimum absolute atomic E-state index is 0.193. The van der Waals surface area contributed by atoms with Crippen molar-refractivity contribution in [3.63, 3.8) is 0 Å². The molecule has 3 rings (SSSR count). The van der Waals surface area contributed by atoms with E-state index in [4.69, 9.17) is 5.73 Å². The van der Waals surface area contributed by atoms with E-state index >= 15 is 0 Å². The second-order valence-electron chi connectivity index (χ2n) is 6.78. The number of hydrogen-bond donors (Lipinski definition) is 2. The highest BCUT2D eigenvalue weighted by Crippen LogP contribution is 2.32. The molecule has 2 heterocycles. The molecule has 0 aliphatic carbocycles. The molecule has 0 spiro atoms. The topological polar surface area (TPSA) is 92.1 Å². The van der Waals surface area contributed by atoms with Gasteiger partial charge in [-0.15, -0.1) is 0 Å². The Labute approximate surface area is 153 Å². The second-order valence-corrected chi connectivity index (χ2v) is 6.78. The fraction of sp³-hybridized carbons (Fsp3) is 0.450. The number of amides is 1. The van der Waals surface area contributed by atoms with Crippen molar-refractivity contribution < 1.29 is 4.79 Å². The van der Waals surface area contributed by atoms with Crippen molar-refractivity contribution in [2.45, 2.75) is 32.6 Å². The van der Waals surface area contributed by atoms with Gasteiger partial charge in [-0.1, -0.05) is 44.2 Å². The first-order chi connectivity index (χ1) is 12.6.